The molecule has 0 fully saturated rings. The molecule has 0 heterocycles. The van der Waals surface area contributed by atoms with Crippen molar-refractivity contribution < 1.29 is 9.90 Å². The summed E-state index contributed by atoms with van der Waals surface area (Å²) in [6.07, 6.45) is 3.55. The lowest BCUT2D eigenvalue weighted by atomic mass is 10.1. The third kappa shape index (κ3) is 4.57. The van der Waals surface area contributed by atoms with Crippen molar-refractivity contribution in [1.82, 2.24) is 5.32 Å². The molecule has 0 aliphatic rings. The quantitative estimate of drug-likeness (QED) is 0.369. The molecule has 6 heteroatoms. The fourth-order valence-corrected chi connectivity index (χ4v) is 1.54. The first-order chi connectivity index (χ1) is 8.15. The number of nitriles is 1. The van der Waals surface area contributed by atoms with Crippen LogP contribution in [0.1, 0.15) is 5.56 Å². The molecule has 1 rings (SSSR count). The standard InChI is InChI=1S/C11H11N3O2S/c1-17-11(13-7-12)14-9-4-2-3-8(5-9)6-10(15)16/h2-5H,6H2,1H3,(H,13,14)(H,15,16). The van der Waals surface area contributed by atoms with Gasteiger partial charge >= 0.3 is 5.97 Å². The van der Waals surface area contributed by atoms with Gasteiger partial charge < -0.3 is 5.11 Å². The Balaban J connectivity index is 2.91. The molecule has 0 amide bonds. The van der Waals surface area contributed by atoms with Crippen LogP contribution >= 0.6 is 11.8 Å². The Morgan fingerprint density at radius 1 is 1.65 bits per heavy atom. The highest BCUT2D eigenvalue weighted by molar-refractivity contribution is 8.13. The van der Waals surface area contributed by atoms with Crippen molar-refractivity contribution in [3.8, 4) is 6.19 Å². The van der Waals surface area contributed by atoms with Crippen molar-refractivity contribution >= 4 is 28.6 Å². The Hall–Kier alpha value is -2.00. The van der Waals surface area contributed by atoms with Gasteiger partial charge in [-0.25, -0.2) is 4.99 Å². The van der Waals surface area contributed by atoms with Crippen LogP contribution < -0.4 is 5.32 Å². The van der Waals surface area contributed by atoms with Crippen LogP contribution in [0.3, 0.4) is 0 Å². The van der Waals surface area contributed by atoms with Gasteiger partial charge in [0, 0.05) is 0 Å². The molecule has 0 spiro atoms. The molecular formula is C11H11N3O2S. The minimum atomic E-state index is -0.883. The molecule has 1 aromatic carbocycles. The summed E-state index contributed by atoms with van der Waals surface area (Å²) >= 11 is 1.31. The normalized spacial score (nSPS) is 10.7. The van der Waals surface area contributed by atoms with Crippen LogP contribution in [0.25, 0.3) is 0 Å². The second-order valence-corrected chi connectivity index (χ2v) is 3.89. The summed E-state index contributed by atoms with van der Waals surface area (Å²) in [7, 11) is 0. The lowest BCUT2D eigenvalue weighted by molar-refractivity contribution is -0.136. The minimum absolute atomic E-state index is 0.0381. The van der Waals surface area contributed by atoms with Crippen LogP contribution in [0.4, 0.5) is 5.69 Å². The number of hydrogen-bond acceptors (Lipinski definition) is 4. The van der Waals surface area contributed by atoms with Crippen LogP contribution in [-0.4, -0.2) is 22.5 Å². The average Bonchev–Trinajstić information content (AvgIpc) is 2.28. The molecule has 0 unspecified atom stereocenters. The van der Waals surface area contributed by atoms with E-state index >= 15 is 0 Å². The molecule has 5 nitrogen and oxygen atoms in total. The number of rotatable bonds is 3. The van der Waals surface area contributed by atoms with Crippen LogP contribution in [0.2, 0.25) is 0 Å². The molecule has 0 radical (unpaired) electrons. The Bertz CT molecular complexity index is 480. The maximum absolute atomic E-state index is 10.6. The topological polar surface area (TPSA) is 85.5 Å². The van der Waals surface area contributed by atoms with Gasteiger partial charge in [0.05, 0.1) is 12.1 Å². The molecular weight excluding hydrogens is 238 g/mol. The highest BCUT2D eigenvalue weighted by atomic mass is 32.2. The Labute approximate surface area is 103 Å². The van der Waals surface area contributed by atoms with Gasteiger partial charge in [0.15, 0.2) is 11.4 Å². The van der Waals surface area contributed by atoms with E-state index in [9.17, 15) is 4.79 Å². The van der Waals surface area contributed by atoms with E-state index in [0.29, 0.717) is 16.4 Å². The minimum Gasteiger partial charge on any atom is -0.481 e. The van der Waals surface area contributed by atoms with Crippen molar-refractivity contribution in [2.24, 2.45) is 4.99 Å². The van der Waals surface area contributed by atoms with E-state index < -0.39 is 5.97 Å². The Morgan fingerprint density at radius 2 is 2.41 bits per heavy atom. The molecule has 0 aliphatic carbocycles. The summed E-state index contributed by atoms with van der Waals surface area (Å²) < 4.78 is 0. The molecule has 0 aromatic heterocycles. The Kier molecular flexibility index (Phi) is 5.04. The first-order valence-corrected chi connectivity index (χ1v) is 5.96. The SMILES string of the molecule is CSC(=Nc1cccc(CC(=O)O)c1)NC#N. The number of aliphatic imine (C=N–C) groups is 1. The number of amidine groups is 1. The Morgan fingerprint density at radius 3 is 3.00 bits per heavy atom. The number of aliphatic carboxylic acids is 1. The maximum Gasteiger partial charge on any atom is 0.307 e. The predicted octanol–water partition coefficient (Wildman–Crippen LogP) is 1.73. The number of nitrogens with one attached hydrogen (secondary N) is 1. The van der Waals surface area contributed by atoms with E-state index in [0.717, 1.165) is 0 Å². The fourth-order valence-electron chi connectivity index (χ4n) is 1.20. The van der Waals surface area contributed by atoms with Crippen LogP contribution in [0.5, 0.6) is 0 Å². The first-order valence-electron chi connectivity index (χ1n) is 4.74. The van der Waals surface area contributed by atoms with E-state index in [-0.39, 0.29) is 6.42 Å². The highest BCUT2D eigenvalue weighted by Gasteiger charge is 2.02. The molecule has 17 heavy (non-hydrogen) atoms. The first kappa shape index (κ1) is 13.1. The number of benzene rings is 1. The summed E-state index contributed by atoms with van der Waals surface area (Å²) in [4.78, 5) is 14.8. The van der Waals surface area contributed by atoms with Crippen LogP contribution in [0.15, 0.2) is 29.3 Å². The number of carboxylic acid groups (broad SMARTS) is 1. The third-order valence-corrected chi connectivity index (χ3v) is 2.43. The largest absolute Gasteiger partial charge is 0.481 e. The van der Waals surface area contributed by atoms with Gasteiger partial charge in [0.25, 0.3) is 0 Å². The molecule has 0 saturated heterocycles. The molecule has 2 N–H and O–H groups in total. The van der Waals surface area contributed by atoms with E-state index in [1.54, 1.807) is 36.7 Å². The zero-order chi connectivity index (χ0) is 12.7. The van der Waals surface area contributed by atoms with Crippen LogP contribution in [-0.2, 0) is 11.2 Å². The number of carbonyl (C=O) groups is 1. The number of nitrogens with zero attached hydrogens (tertiary/aromatic N) is 2. The molecule has 0 bridgehead atoms. The highest BCUT2D eigenvalue weighted by Crippen LogP contribution is 2.16. The predicted molar refractivity (Wildman–Crippen MR) is 67.1 cm³/mol. The van der Waals surface area contributed by atoms with E-state index in [4.69, 9.17) is 10.4 Å². The zero-order valence-corrected chi connectivity index (χ0v) is 9.99. The van der Waals surface area contributed by atoms with E-state index in [2.05, 4.69) is 10.3 Å². The lowest BCUT2D eigenvalue weighted by Gasteiger charge is -2.01. The van der Waals surface area contributed by atoms with Crippen molar-refractivity contribution in [3.63, 3.8) is 0 Å². The van der Waals surface area contributed by atoms with Gasteiger partial charge in [-0.1, -0.05) is 23.9 Å². The van der Waals surface area contributed by atoms with Gasteiger partial charge in [-0.3, -0.25) is 10.1 Å². The van der Waals surface area contributed by atoms with Crippen LogP contribution in [0, 0.1) is 11.5 Å². The van der Waals surface area contributed by atoms with Gasteiger partial charge in [0.2, 0.25) is 0 Å². The summed E-state index contributed by atoms with van der Waals surface area (Å²) in [5.74, 6) is -0.883. The number of carboxylic acids is 1. The summed E-state index contributed by atoms with van der Waals surface area (Å²) in [5.41, 5.74) is 1.30. The summed E-state index contributed by atoms with van der Waals surface area (Å²) in [5, 5.41) is 20.1. The van der Waals surface area contributed by atoms with Gasteiger partial charge in [-0.15, -0.1) is 0 Å². The molecule has 88 valence electrons. The molecule has 1 aromatic rings. The van der Waals surface area contributed by atoms with E-state index in [1.165, 1.54) is 11.8 Å². The number of thioether (sulfide) groups is 1. The molecule has 0 aliphatic heterocycles. The zero-order valence-electron chi connectivity index (χ0n) is 9.17. The number of hydrogen-bond donors (Lipinski definition) is 2. The average molecular weight is 249 g/mol. The monoisotopic (exact) mass is 249 g/mol. The van der Waals surface area contributed by atoms with Gasteiger partial charge in [0.1, 0.15) is 0 Å². The summed E-state index contributed by atoms with van der Waals surface area (Å²) in [6.45, 7) is 0. The van der Waals surface area contributed by atoms with Gasteiger partial charge in [-0.05, 0) is 24.0 Å². The molecule has 0 atom stereocenters. The second kappa shape index (κ2) is 6.55. The van der Waals surface area contributed by atoms with Crippen molar-refractivity contribution in [2.45, 2.75) is 6.42 Å². The summed E-state index contributed by atoms with van der Waals surface area (Å²) in [6, 6.07) is 6.90. The third-order valence-electron chi connectivity index (χ3n) is 1.85. The van der Waals surface area contributed by atoms with Crippen molar-refractivity contribution in [2.75, 3.05) is 6.26 Å². The van der Waals surface area contributed by atoms with Crippen molar-refractivity contribution in [1.29, 1.82) is 5.26 Å². The van der Waals surface area contributed by atoms with Crippen molar-refractivity contribution in [3.05, 3.63) is 29.8 Å². The van der Waals surface area contributed by atoms with Gasteiger partial charge in [-0.2, -0.15) is 5.26 Å². The van der Waals surface area contributed by atoms with E-state index in [1.807, 2.05) is 0 Å². The smallest absolute Gasteiger partial charge is 0.307 e. The fraction of sp³-hybridized carbons (Fsp3) is 0.182. The lowest BCUT2D eigenvalue weighted by Crippen LogP contribution is -2.12. The molecule has 0 saturated carbocycles. The maximum atomic E-state index is 10.6. The second-order valence-electron chi connectivity index (χ2n) is 3.10.